The van der Waals surface area contributed by atoms with E-state index >= 15 is 0 Å². The summed E-state index contributed by atoms with van der Waals surface area (Å²) < 4.78 is 58.6. The second-order valence-electron chi connectivity index (χ2n) is 7.27. The maximum atomic E-state index is 14.4. The maximum Gasteiger partial charge on any atom is 0.271 e. The first-order valence-corrected chi connectivity index (χ1v) is 9.81. The van der Waals surface area contributed by atoms with Gasteiger partial charge in [0.05, 0.1) is 10.7 Å². The number of hydrogen-bond donors (Lipinski definition) is 1. The third kappa shape index (κ3) is 4.91. The van der Waals surface area contributed by atoms with Gasteiger partial charge < -0.3 is 5.32 Å². The lowest BCUT2D eigenvalue weighted by Gasteiger charge is -2.13. The number of rotatable bonds is 8. The van der Waals surface area contributed by atoms with Crippen molar-refractivity contribution in [2.75, 3.05) is 0 Å². The molecule has 0 atom stereocenters. The molecule has 1 amide bonds. The first-order valence-electron chi connectivity index (χ1n) is 9.43. The highest BCUT2D eigenvalue weighted by Gasteiger charge is 2.26. The predicted molar refractivity (Wildman–Crippen MR) is 103 cm³/mol. The standard InChI is InChI=1S/C20H24ClF4N3O/c1-5-13-14(21)19(28(4)27-13)20(29)26-9-12-17(24)15(22)11(16(23)18(12)25)8-6-7-10(2)3/h10H,5-9H2,1-4H3,(H,26,29). The van der Waals surface area contributed by atoms with E-state index in [2.05, 4.69) is 10.4 Å². The fourth-order valence-electron chi connectivity index (χ4n) is 3.06. The summed E-state index contributed by atoms with van der Waals surface area (Å²) in [6, 6.07) is 0. The van der Waals surface area contributed by atoms with Gasteiger partial charge >= 0.3 is 0 Å². The molecule has 0 bridgehead atoms. The van der Waals surface area contributed by atoms with Gasteiger partial charge in [-0.05, 0) is 25.2 Å². The lowest BCUT2D eigenvalue weighted by Crippen LogP contribution is -2.27. The zero-order chi connectivity index (χ0) is 21.9. The molecule has 0 spiro atoms. The van der Waals surface area contributed by atoms with Crippen LogP contribution in [-0.2, 0) is 26.4 Å². The molecule has 4 nitrogen and oxygen atoms in total. The first kappa shape index (κ1) is 23.2. The molecule has 0 fully saturated rings. The van der Waals surface area contributed by atoms with E-state index in [1.807, 2.05) is 13.8 Å². The molecule has 0 aliphatic rings. The molecule has 29 heavy (non-hydrogen) atoms. The van der Waals surface area contributed by atoms with Crippen LogP contribution >= 0.6 is 11.6 Å². The number of carbonyl (C=O) groups excluding carboxylic acids is 1. The van der Waals surface area contributed by atoms with Crippen molar-refractivity contribution in [1.82, 2.24) is 15.1 Å². The van der Waals surface area contributed by atoms with Crippen molar-refractivity contribution < 1.29 is 22.4 Å². The predicted octanol–water partition coefficient (Wildman–Crippen LogP) is 5.10. The highest BCUT2D eigenvalue weighted by atomic mass is 35.5. The second kappa shape index (κ2) is 9.61. The number of aromatic nitrogens is 2. The number of amides is 1. The summed E-state index contributed by atoms with van der Waals surface area (Å²) >= 11 is 6.10. The zero-order valence-electron chi connectivity index (χ0n) is 16.8. The van der Waals surface area contributed by atoms with Crippen molar-refractivity contribution in [3.63, 3.8) is 0 Å². The third-order valence-corrected chi connectivity index (χ3v) is 5.08. The van der Waals surface area contributed by atoms with E-state index in [-0.39, 0.29) is 17.1 Å². The van der Waals surface area contributed by atoms with E-state index in [9.17, 15) is 22.4 Å². The molecule has 1 aromatic heterocycles. The number of hydrogen-bond acceptors (Lipinski definition) is 2. The molecule has 160 valence electrons. The minimum Gasteiger partial charge on any atom is -0.346 e. The van der Waals surface area contributed by atoms with Crippen molar-refractivity contribution in [3.8, 4) is 0 Å². The van der Waals surface area contributed by atoms with Crippen LogP contribution in [0.3, 0.4) is 0 Å². The molecule has 0 aliphatic heterocycles. The SMILES string of the molecule is CCc1nn(C)c(C(=O)NCc2c(F)c(F)c(CCCC(C)C)c(F)c2F)c1Cl. The van der Waals surface area contributed by atoms with E-state index in [1.54, 1.807) is 6.92 Å². The number of halogens is 5. The smallest absolute Gasteiger partial charge is 0.271 e. The molecule has 9 heteroatoms. The number of nitrogens with zero attached hydrogens (tertiary/aromatic N) is 2. The summed E-state index contributed by atoms with van der Waals surface area (Å²) in [5.41, 5.74) is -1.01. The second-order valence-corrected chi connectivity index (χ2v) is 7.65. The van der Waals surface area contributed by atoms with Gasteiger partial charge in [0.25, 0.3) is 5.91 Å². The third-order valence-electron chi connectivity index (χ3n) is 4.68. The monoisotopic (exact) mass is 433 g/mol. The molecule has 1 heterocycles. The van der Waals surface area contributed by atoms with E-state index in [0.29, 0.717) is 30.9 Å². The normalized spacial score (nSPS) is 11.4. The van der Waals surface area contributed by atoms with Crippen LogP contribution in [0.4, 0.5) is 17.6 Å². The minimum absolute atomic E-state index is 0.00409. The van der Waals surface area contributed by atoms with Gasteiger partial charge in [0, 0.05) is 24.7 Å². The van der Waals surface area contributed by atoms with Gasteiger partial charge in [-0.15, -0.1) is 0 Å². The van der Waals surface area contributed by atoms with Gasteiger partial charge in [-0.3, -0.25) is 9.48 Å². The fraction of sp³-hybridized carbons (Fsp3) is 0.500. The van der Waals surface area contributed by atoms with Crippen LogP contribution in [0.25, 0.3) is 0 Å². The van der Waals surface area contributed by atoms with Crippen LogP contribution in [0.2, 0.25) is 5.02 Å². The summed E-state index contributed by atoms with van der Waals surface area (Å²) in [5.74, 6) is -6.32. The lowest BCUT2D eigenvalue weighted by atomic mass is 9.99. The van der Waals surface area contributed by atoms with E-state index < -0.39 is 46.8 Å². The molecule has 0 radical (unpaired) electrons. The quantitative estimate of drug-likeness (QED) is 0.465. The van der Waals surface area contributed by atoms with E-state index in [4.69, 9.17) is 11.6 Å². The van der Waals surface area contributed by atoms with Crippen molar-refractivity contribution in [3.05, 3.63) is 50.8 Å². The highest BCUT2D eigenvalue weighted by Crippen LogP contribution is 2.26. The Balaban J connectivity index is 2.23. The minimum atomic E-state index is -1.51. The van der Waals surface area contributed by atoms with E-state index in [1.165, 1.54) is 11.7 Å². The van der Waals surface area contributed by atoms with Gasteiger partial charge in [0.15, 0.2) is 23.3 Å². The highest BCUT2D eigenvalue weighted by molar-refractivity contribution is 6.34. The van der Waals surface area contributed by atoms with Crippen LogP contribution in [0.15, 0.2) is 0 Å². The Hall–Kier alpha value is -2.09. The number of carbonyl (C=O) groups is 1. The topological polar surface area (TPSA) is 46.9 Å². The molecule has 1 N–H and O–H groups in total. The zero-order valence-corrected chi connectivity index (χ0v) is 17.6. The Bertz CT molecular complexity index is 883. The summed E-state index contributed by atoms with van der Waals surface area (Å²) in [6.45, 7) is 4.95. The molecular formula is C20H24ClF4N3O. The average Bonchev–Trinajstić information content (AvgIpc) is 2.96. The van der Waals surface area contributed by atoms with Crippen LogP contribution < -0.4 is 5.32 Å². The van der Waals surface area contributed by atoms with Gasteiger partial charge in [0.1, 0.15) is 5.69 Å². The molecule has 0 saturated heterocycles. The lowest BCUT2D eigenvalue weighted by molar-refractivity contribution is 0.0940. The number of benzene rings is 1. The van der Waals surface area contributed by atoms with Gasteiger partial charge in [-0.25, -0.2) is 17.6 Å². The summed E-state index contributed by atoms with van der Waals surface area (Å²) in [6.07, 6.45) is 1.45. The fourth-order valence-corrected chi connectivity index (χ4v) is 3.44. The van der Waals surface area contributed by atoms with E-state index in [0.717, 1.165) is 0 Å². The molecule has 0 aliphatic carbocycles. The van der Waals surface area contributed by atoms with Crippen molar-refractivity contribution in [2.24, 2.45) is 13.0 Å². The van der Waals surface area contributed by atoms with Gasteiger partial charge in [0.2, 0.25) is 0 Å². The van der Waals surface area contributed by atoms with Crippen LogP contribution in [0.1, 0.15) is 60.9 Å². The molecular weight excluding hydrogens is 410 g/mol. The van der Waals surface area contributed by atoms with Crippen molar-refractivity contribution in [2.45, 2.75) is 53.0 Å². The Morgan fingerprint density at radius 2 is 1.66 bits per heavy atom. The number of nitrogens with one attached hydrogen (secondary N) is 1. The van der Waals surface area contributed by atoms with Crippen LogP contribution in [-0.4, -0.2) is 15.7 Å². The van der Waals surface area contributed by atoms with Crippen LogP contribution in [0, 0.1) is 29.2 Å². The molecule has 2 aromatic rings. The maximum absolute atomic E-state index is 14.4. The molecule has 0 unspecified atom stereocenters. The number of aryl methyl sites for hydroxylation is 2. The van der Waals surface area contributed by atoms with Crippen molar-refractivity contribution in [1.29, 1.82) is 0 Å². The van der Waals surface area contributed by atoms with Gasteiger partial charge in [-0.1, -0.05) is 38.8 Å². The Morgan fingerprint density at radius 1 is 1.10 bits per heavy atom. The Labute approximate surface area is 172 Å². The average molecular weight is 434 g/mol. The summed E-state index contributed by atoms with van der Waals surface area (Å²) in [4.78, 5) is 12.4. The molecule has 2 rings (SSSR count). The largest absolute Gasteiger partial charge is 0.346 e. The molecule has 0 saturated carbocycles. The summed E-state index contributed by atoms with van der Waals surface area (Å²) in [5, 5.41) is 6.44. The van der Waals surface area contributed by atoms with Crippen LogP contribution in [0.5, 0.6) is 0 Å². The summed E-state index contributed by atoms with van der Waals surface area (Å²) in [7, 11) is 1.49. The molecule has 1 aromatic carbocycles. The Kier molecular flexibility index (Phi) is 7.68. The first-order chi connectivity index (χ1) is 13.6. The van der Waals surface area contributed by atoms with Gasteiger partial charge in [-0.2, -0.15) is 5.10 Å². The Morgan fingerprint density at radius 3 is 2.14 bits per heavy atom. The van der Waals surface area contributed by atoms with Crippen molar-refractivity contribution >= 4 is 17.5 Å².